The lowest BCUT2D eigenvalue weighted by atomic mass is 10.2. The van der Waals surface area contributed by atoms with Crippen LogP contribution >= 0.6 is 11.8 Å². The van der Waals surface area contributed by atoms with Crippen LogP contribution in [0.5, 0.6) is 11.7 Å². The summed E-state index contributed by atoms with van der Waals surface area (Å²) in [5, 5.41) is 29.9. The summed E-state index contributed by atoms with van der Waals surface area (Å²) in [5.41, 5.74) is 2.67. The molecule has 0 atom stereocenters. The normalized spacial score (nSPS) is 13.0. The van der Waals surface area contributed by atoms with Gasteiger partial charge in [0.25, 0.3) is 5.69 Å². The third-order valence-electron chi connectivity index (χ3n) is 4.51. The van der Waals surface area contributed by atoms with Crippen LogP contribution in [-0.2, 0) is 6.61 Å². The van der Waals surface area contributed by atoms with Crippen LogP contribution in [0.25, 0.3) is 5.69 Å². The molecule has 0 saturated heterocycles. The molecule has 4 aromatic rings. The lowest BCUT2D eigenvalue weighted by molar-refractivity contribution is -0.671. The SMILES string of the molecule is Cc1ccc(OCc2nnc3n2N=C(c2c([O-])on[n+]2-c2ccccc2)CS3)cc1. The van der Waals surface area contributed by atoms with Crippen molar-refractivity contribution < 1.29 is 19.0 Å². The Morgan fingerprint density at radius 1 is 1.13 bits per heavy atom. The number of ether oxygens (including phenoxy) is 1. The van der Waals surface area contributed by atoms with Crippen molar-refractivity contribution in [2.45, 2.75) is 18.7 Å². The van der Waals surface area contributed by atoms with Gasteiger partial charge in [-0.15, -0.1) is 10.2 Å². The number of para-hydroxylation sites is 1. The van der Waals surface area contributed by atoms with Gasteiger partial charge in [0.1, 0.15) is 18.1 Å². The van der Waals surface area contributed by atoms with Crippen LogP contribution in [-0.4, -0.2) is 31.6 Å². The molecule has 0 N–H and O–H groups in total. The Kier molecular flexibility index (Phi) is 4.68. The summed E-state index contributed by atoms with van der Waals surface area (Å²) >= 11 is 1.43. The molecule has 1 aliphatic rings. The van der Waals surface area contributed by atoms with E-state index in [4.69, 9.17) is 9.26 Å². The molecule has 10 heteroatoms. The monoisotopic (exact) mass is 420 g/mol. The lowest BCUT2D eigenvalue weighted by Crippen LogP contribution is -2.40. The smallest absolute Gasteiger partial charge is 0.287 e. The quantitative estimate of drug-likeness (QED) is 0.454. The lowest BCUT2D eigenvalue weighted by Gasteiger charge is -2.12. The van der Waals surface area contributed by atoms with Crippen LogP contribution in [0.15, 0.2) is 69.4 Å². The van der Waals surface area contributed by atoms with Crippen LogP contribution in [0.1, 0.15) is 17.1 Å². The zero-order valence-corrected chi connectivity index (χ0v) is 16.7. The highest BCUT2D eigenvalue weighted by atomic mass is 32.2. The molecule has 1 aliphatic heterocycles. The highest BCUT2D eigenvalue weighted by Gasteiger charge is 2.30. The Balaban J connectivity index is 1.46. The Morgan fingerprint density at radius 2 is 1.93 bits per heavy atom. The zero-order chi connectivity index (χ0) is 20.5. The van der Waals surface area contributed by atoms with Crippen LogP contribution in [0, 0.1) is 6.92 Å². The van der Waals surface area contributed by atoms with Gasteiger partial charge in [-0.2, -0.15) is 9.78 Å². The van der Waals surface area contributed by atoms with E-state index in [-0.39, 0.29) is 12.3 Å². The molecule has 2 aromatic heterocycles. The molecular formula is C20H16N6O3S. The second-order valence-corrected chi connectivity index (χ2v) is 7.55. The van der Waals surface area contributed by atoms with Crippen molar-refractivity contribution in [3.63, 3.8) is 0 Å². The van der Waals surface area contributed by atoms with Crippen molar-refractivity contribution in [2.24, 2.45) is 5.10 Å². The number of aromatic nitrogens is 5. The van der Waals surface area contributed by atoms with E-state index in [0.29, 0.717) is 28.1 Å². The maximum absolute atomic E-state index is 12.4. The summed E-state index contributed by atoms with van der Waals surface area (Å²) in [5.74, 6) is 1.16. The largest absolute Gasteiger partial charge is 0.539 e. The molecule has 9 nitrogen and oxygen atoms in total. The van der Waals surface area contributed by atoms with Gasteiger partial charge in [0.15, 0.2) is 11.8 Å². The molecule has 3 heterocycles. The Morgan fingerprint density at radius 3 is 2.73 bits per heavy atom. The number of aryl methyl sites for hydroxylation is 1. The Labute approximate surface area is 175 Å². The molecule has 0 aliphatic carbocycles. The first-order chi connectivity index (χ1) is 14.7. The summed E-state index contributed by atoms with van der Waals surface area (Å²) in [7, 11) is 0. The van der Waals surface area contributed by atoms with Crippen molar-refractivity contribution >= 4 is 17.5 Å². The van der Waals surface area contributed by atoms with Gasteiger partial charge in [0.2, 0.25) is 10.8 Å². The van der Waals surface area contributed by atoms with E-state index in [1.54, 1.807) is 4.68 Å². The molecule has 0 saturated carbocycles. The van der Waals surface area contributed by atoms with E-state index in [0.717, 1.165) is 11.3 Å². The fourth-order valence-electron chi connectivity index (χ4n) is 2.99. The van der Waals surface area contributed by atoms with E-state index in [2.05, 4.69) is 20.6 Å². The molecule has 0 fully saturated rings. The predicted octanol–water partition coefficient (Wildman–Crippen LogP) is 1.86. The van der Waals surface area contributed by atoms with E-state index in [1.807, 2.05) is 61.5 Å². The number of thioether (sulfide) groups is 1. The number of hydrogen-bond donors (Lipinski definition) is 0. The first kappa shape index (κ1) is 18.4. The average Bonchev–Trinajstić information content (AvgIpc) is 3.37. The second kappa shape index (κ2) is 7.64. The minimum atomic E-state index is -0.549. The van der Waals surface area contributed by atoms with E-state index in [1.165, 1.54) is 16.4 Å². The summed E-state index contributed by atoms with van der Waals surface area (Å²) in [6, 6.07) is 17.0. The third kappa shape index (κ3) is 3.41. The highest BCUT2D eigenvalue weighted by Crippen LogP contribution is 2.26. The van der Waals surface area contributed by atoms with Crippen LogP contribution in [0.4, 0.5) is 0 Å². The molecule has 0 spiro atoms. The van der Waals surface area contributed by atoms with Crippen molar-refractivity contribution in [1.29, 1.82) is 0 Å². The van der Waals surface area contributed by atoms with Gasteiger partial charge in [-0.05, 0) is 23.7 Å². The molecule has 150 valence electrons. The number of fused-ring (bicyclic) bond motifs is 1. The average molecular weight is 420 g/mol. The van der Waals surface area contributed by atoms with Crippen LogP contribution in [0.2, 0.25) is 0 Å². The van der Waals surface area contributed by atoms with Gasteiger partial charge in [0.05, 0.1) is 11.0 Å². The van der Waals surface area contributed by atoms with Gasteiger partial charge in [0, 0.05) is 12.1 Å². The van der Waals surface area contributed by atoms with Gasteiger partial charge in [-0.1, -0.05) is 47.7 Å². The van der Waals surface area contributed by atoms with Crippen molar-refractivity contribution in [3.05, 3.63) is 71.7 Å². The van der Waals surface area contributed by atoms with Gasteiger partial charge in [-0.25, -0.2) is 0 Å². The Bertz CT molecular complexity index is 1220. The maximum Gasteiger partial charge on any atom is 0.287 e. The number of nitrogens with zero attached hydrogens (tertiary/aromatic N) is 6. The van der Waals surface area contributed by atoms with Crippen molar-refractivity contribution in [2.75, 3.05) is 5.75 Å². The topological polar surface area (TPSA) is 105 Å². The molecular weight excluding hydrogens is 404 g/mol. The first-order valence-electron chi connectivity index (χ1n) is 9.18. The first-order valence-corrected chi connectivity index (χ1v) is 10.2. The maximum atomic E-state index is 12.4. The second-order valence-electron chi connectivity index (χ2n) is 6.60. The molecule has 30 heavy (non-hydrogen) atoms. The Hall–Kier alpha value is -3.66. The number of hydrogen-bond acceptors (Lipinski definition) is 8. The van der Waals surface area contributed by atoms with Crippen LogP contribution in [0.3, 0.4) is 0 Å². The molecule has 0 unspecified atom stereocenters. The van der Waals surface area contributed by atoms with Crippen molar-refractivity contribution in [1.82, 2.24) is 20.1 Å². The van der Waals surface area contributed by atoms with Gasteiger partial charge < -0.3 is 14.4 Å². The van der Waals surface area contributed by atoms with E-state index < -0.39 is 5.95 Å². The van der Waals surface area contributed by atoms with Gasteiger partial charge in [-0.3, -0.25) is 0 Å². The minimum absolute atomic E-state index is 0.194. The number of rotatable bonds is 5. The van der Waals surface area contributed by atoms with Crippen molar-refractivity contribution in [3.8, 4) is 17.4 Å². The summed E-state index contributed by atoms with van der Waals surface area (Å²) in [6.45, 7) is 2.21. The van der Waals surface area contributed by atoms with Crippen LogP contribution < -0.4 is 14.5 Å². The fraction of sp³-hybridized carbons (Fsp3) is 0.150. The predicted molar refractivity (Wildman–Crippen MR) is 106 cm³/mol. The fourth-order valence-corrected chi connectivity index (χ4v) is 3.82. The van der Waals surface area contributed by atoms with E-state index >= 15 is 0 Å². The molecule has 2 aromatic carbocycles. The third-order valence-corrected chi connectivity index (χ3v) is 5.44. The highest BCUT2D eigenvalue weighted by molar-refractivity contribution is 7.99. The summed E-state index contributed by atoms with van der Waals surface area (Å²) in [4.78, 5) is 0. The molecule has 0 radical (unpaired) electrons. The van der Waals surface area contributed by atoms with E-state index in [9.17, 15) is 5.11 Å². The molecule has 0 amide bonds. The minimum Gasteiger partial charge on any atom is -0.539 e. The standard InChI is InChI=1S/C20H16N6O3S/c1-13-7-9-15(10-8-13)28-11-17-21-22-20-26(17)23-16(12-30-20)18-19(27)29-24-25(18)14-5-3-2-4-6-14/h2-10H,11-12H2,1H3. The summed E-state index contributed by atoms with van der Waals surface area (Å²) < 4.78 is 13.8. The summed E-state index contributed by atoms with van der Waals surface area (Å²) in [6.07, 6.45) is 0. The molecule has 0 bridgehead atoms. The zero-order valence-electron chi connectivity index (χ0n) is 15.9. The van der Waals surface area contributed by atoms with Gasteiger partial charge >= 0.3 is 0 Å². The number of benzene rings is 2. The molecule has 5 rings (SSSR count).